The Labute approximate surface area is 112 Å². The average Bonchev–Trinajstić information content (AvgIpc) is 2.11. The van der Waals surface area contributed by atoms with Gasteiger partial charge in [0.1, 0.15) is 5.54 Å². The van der Waals surface area contributed by atoms with Gasteiger partial charge in [0.25, 0.3) is 0 Å². The lowest BCUT2D eigenvalue weighted by atomic mass is 9.77. The highest BCUT2D eigenvalue weighted by atomic mass is 16.4. The van der Waals surface area contributed by atoms with Crippen LogP contribution in [0, 0.1) is 0 Å². The smallest absolute Gasteiger partial charge is 0.323 e. The number of carbonyl (C=O) groups is 3. The Morgan fingerprint density at radius 2 is 1.79 bits per heavy atom. The first-order chi connectivity index (χ1) is 8.65. The molecule has 1 aliphatic rings. The van der Waals surface area contributed by atoms with Crippen molar-refractivity contribution in [3.05, 3.63) is 0 Å². The standard InChI is InChI=1S/C12H21N3O4/c1-11(2,3)15-10(19)14-8(16)7-13-12(9(17)18)5-4-6-12/h13H,4-7H2,1-3H3,(H,17,18)(H2,14,15,16,19). The van der Waals surface area contributed by atoms with Gasteiger partial charge in [-0.2, -0.15) is 0 Å². The fourth-order valence-corrected chi connectivity index (χ4v) is 1.79. The average molecular weight is 271 g/mol. The molecular formula is C12H21N3O4. The first-order valence-electron chi connectivity index (χ1n) is 6.25. The number of hydrogen-bond donors (Lipinski definition) is 4. The van der Waals surface area contributed by atoms with Crippen LogP contribution in [0.25, 0.3) is 0 Å². The van der Waals surface area contributed by atoms with Gasteiger partial charge in [-0.15, -0.1) is 0 Å². The van der Waals surface area contributed by atoms with Gasteiger partial charge in [-0.25, -0.2) is 4.79 Å². The predicted molar refractivity (Wildman–Crippen MR) is 68.6 cm³/mol. The molecule has 7 nitrogen and oxygen atoms in total. The van der Waals surface area contributed by atoms with Crippen molar-refractivity contribution in [3.8, 4) is 0 Å². The Bertz CT molecular complexity index is 383. The largest absolute Gasteiger partial charge is 0.480 e. The molecule has 0 saturated heterocycles. The molecule has 0 aromatic carbocycles. The summed E-state index contributed by atoms with van der Waals surface area (Å²) in [5.74, 6) is -1.50. The third-order valence-corrected chi connectivity index (χ3v) is 2.95. The monoisotopic (exact) mass is 271 g/mol. The zero-order valence-corrected chi connectivity index (χ0v) is 11.5. The lowest BCUT2D eigenvalue weighted by molar-refractivity contribution is -0.148. The number of urea groups is 1. The van der Waals surface area contributed by atoms with Gasteiger partial charge in [-0.3, -0.25) is 20.2 Å². The van der Waals surface area contributed by atoms with Crippen molar-refractivity contribution >= 4 is 17.9 Å². The molecule has 0 radical (unpaired) electrons. The minimum absolute atomic E-state index is 0.191. The lowest BCUT2D eigenvalue weighted by Crippen LogP contribution is -2.60. The summed E-state index contributed by atoms with van der Waals surface area (Å²) in [4.78, 5) is 34.0. The Balaban J connectivity index is 2.36. The van der Waals surface area contributed by atoms with Gasteiger partial charge in [-0.1, -0.05) is 0 Å². The molecule has 4 N–H and O–H groups in total. The van der Waals surface area contributed by atoms with Crippen molar-refractivity contribution in [1.82, 2.24) is 16.0 Å². The van der Waals surface area contributed by atoms with Crippen molar-refractivity contribution in [2.24, 2.45) is 0 Å². The minimum atomic E-state index is -1.00. The minimum Gasteiger partial charge on any atom is -0.480 e. The van der Waals surface area contributed by atoms with Crippen molar-refractivity contribution in [3.63, 3.8) is 0 Å². The molecule has 7 heteroatoms. The Morgan fingerprint density at radius 3 is 2.16 bits per heavy atom. The lowest BCUT2D eigenvalue weighted by Gasteiger charge is -2.38. The maximum Gasteiger partial charge on any atom is 0.323 e. The maximum atomic E-state index is 11.5. The third-order valence-electron chi connectivity index (χ3n) is 2.95. The second kappa shape index (κ2) is 5.56. The van der Waals surface area contributed by atoms with Gasteiger partial charge < -0.3 is 10.4 Å². The maximum absolute atomic E-state index is 11.5. The molecule has 0 atom stereocenters. The van der Waals surface area contributed by atoms with Crippen LogP contribution in [-0.2, 0) is 9.59 Å². The summed E-state index contributed by atoms with van der Waals surface area (Å²) in [5, 5.41) is 16.5. The van der Waals surface area contributed by atoms with E-state index in [0.29, 0.717) is 12.8 Å². The first kappa shape index (κ1) is 15.4. The summed E-state index contributed by atoms with van der Waals surface area (Å²) >= 11 is 0. The van der Waals surface area contributed by atoms with Crippen LogP contribution in [0.4, 0.5) is 4.79 Å². The van der Waals surface area contributed by atoms with Gasteiger partial charge in [0, 0.05) is 5.54 Å². The Hall–Kier alpha value is -1.63. The van der Waals surface area contributed by atoms with E-state index in [1.165, 1.54) is 0 Å². The molecular weight excluding hydrogens is 250 g/mol. The number of carboxylic acids is 1. The number of hydrogen-bond acceptors (Lipinski definition) is 4. The number of amides is 3. The fourth-order valence-electron chi connectivity index (χ4n) is 1.79. The van der Waals surface area contributed by atoms with Crippen LogP contribution in [0.2, 0.25) is 0 Å². The van der Waals surface area contributed by atoms with Crippen LogP contribution in [0.5, 0.6) is 0 Å². The molecule has 1 fully saturated rings. The molecule has 1 saturated carbocycles. The topological polar surface area (TPSA) is 108 Å². The van der Waals surface area contributed by atoms with Gasteiger partial charge in [0.15, 0.2) is 0 Å². The first-order valence-corrected chi connectivity index (χ1v) is 6.25. The van der Waals surface area contributed by atoms with Gasteiger partial charge in [-0.05, 0) is 40.0 Å². The summed E-state index contributed by atoms with van der Waals surface area (Å²) in [6.45, 7) is 5.19. The number of imide groups is 1. The van der Waals surface area contributed by atoms with Crippen LogP contribution < -0.4 is 16.0 Å². The molecule has 0 aromatic rings. The van der Waals surface area contributed by atoms with Crippen LogP contribution in [0.1, 0.15) is 40.0 Å². The zero-order valence-electron chi connectivity index (χ0n) is 11.5. The Kier molecular flexibility index (Phi) is 4.52. The molecule has 0 unspecified atom stereocenters. The molecule has 3 amide bonds. The number of aliphatic carboxylic acids is 1. The number of carboxylic acid groups (broad SMARTS) is 1. The molecule has 0 bridgehead atoms. The summed E-state index contributed by atoms with van der Waals surface area (Å²) in [7, 11) is 0. The van der Waals surface area contributed by atoms with Crippen molar-refractivity contribution < 1.29 is 19.5 Å². The van der Waals surface area contributed by atoms with E-state index in [1.54, 1.807) is 20.8 Å². The van der Waals surface area contributed by atoms with E-state index in [0.717, 1.165) is 6.42 Å². The van der Waals surface area contributed by atoms with E-state index in [9.17, 15) is 14.4 Å². The van der Waals surface area contributed by atoms with E-state index in [-0.39, 0.29) is 6.54 Å². The zero-order chi connectivity index (χ0) is 14.7. The van der Waals surface area contributed by atoms with Crippen LogP contribution in [-0.4, -0.2) is 40.6 Å². The summed E-state index contributed by atoms with van der Waals surface area (Å²) in [6.07, 6.45) is 1.83. The fraction of sp³-hybridized carbons (Fsp3) is 0.750. The van der Waals surface area contributed by atoms with Crippen molar-refractivity contribution in [1.29, 1.82) is 0 Å². The molecule has 1 aliphatic carbocycles. The van der Waals surface area contributed by atoms with Gasteiger partial charge in [0.2, 0.25) is 5.91 Å². The summed E-state index contributed by atoms with van der Waals surface area (Å²) < 4.78 is 0. The highest BCUT2D eigenvalue weighted by Crippen LogP contribution is 2.31. The second-order valence-electron chi connectivity index (χ2n) is 5.85. The third kappa shape index (κ3) is 4.51. The van der Waals surface area contributed by atoms with E-state index in [1.807, 2.05) is 0 Å². The molecule has 0 heterocycles. The predicted octanol–water partition coefficient (Wildman–Crippen LogP) is 0.208. The van der Waals surface area contributed by atoms with Crippen molar-refractivity contribution in [2.75, 3.05) is 6.54 Å². The number of nitrogens with one attached hydrogen (secondary N) is 3. The van der Waals surface area contributed by atoms with Crippen LogP contribution in [0.15, 0.2) is 0 Å². The molecule has 19 heavy (non-hydrogen) atoms. The molecule has 0 aromatic heterocycles. The second-order valence-corrected chi connectivity index (χ2v) is 5.85. The number of carbonyl (C=O) groups excluding carboxylic acids is 2. The molecule has 0 aliphatic heterocycles. The molecule has 108 valence electrons. The van der Waals surface area contributed by atoms with E-state index in [2.05, 4.69) is 16.0 Å². The van der Waals surface area contributed by atoms with E-state index >= 15 is 0 Å². The normalized spacial score (nSPS) is 17.2. The number of rotatable bonds is 4. The van der Waals surface area contributed by atoms with Gasteiger partial charge >= 0.3 is 12.0 Å². The quantitative estimate of drug-likeness (QED) is 0.584. The Morgan fingerprint density at radius 1 is 1.21 bits per heavy atom. The summed E-state index contributed by atoms with van der Waals surface area (Å²) in [6, 6.07) is -0.586. The van der Waals surface area contributed by atoms with Gasteiger partial charge in [0.05, 0.1) is 6.54 Å². The van der Waals surface area contributed by atoms with Crippen LogP contribution in [0.3, 0.4) is 0 Å². The summed E-state index contributed by atoms with van der Waals surface area (Å²) in [5.41, 5.74) is -1.44. The van der Waals surface area contributed by atoms with Crippen molar-refractivity contribution in [2.45, 2.75) is 51.1 Å². The SMILES string of the molecule is CC(C)(C)NC(=O)NC(=O)CNC1(C(=O)O)CCC1. The van der Waals surface area contributed by atoms with E-state index < -0.39 is 29.0 Å². The molecule has 0 spiro atoms. The highest BCUT2D eigenvalue weighted by Gasteiger charge is 2.44. The molecule has 1 rings (SSSR count). The van der Waals surface area contributed by atoms with Crippen LogP contribution >= 0.6 is 0 Å². The van der Waals surface area contributed by atoms with E-state index in [4.69, 9.17) is 5.11 Å². The highest BCUT2D eigenvalue weighted by molar-refractivity contribution is 5.95.